The highest BCUT2D eigenvalue weighted by Gasteiger charge is 2.28. The van der Waals surface area contributed by atoms with Gasteiger partial charge in [0.2, 0.25) is 0 Å². The number of nitro groups is 1. The zero-order valence-corrected chi connectivity index (χ0v) is 19.4. The third-order valence-corrected chi connectivity index (χ3v) is 5.08. The summed E-state index contributed by atoms with van der Waals surface area (Å²) in [5.74, 6) is 0.601. The Balaban J connectivity index is 1.90. The predicted molar refractivity (Wildman–Crippen MR) is 123 cm³/mol. The fourth-order valence-corrected chi connectivity index (χ4v) is 3.19. The van der Waals surface area contributed by atoms with Crippen molar-refractivity contribution in [2.45, 2.75) is 53.9 Å². The summed E-state index contributed by atoms with van der Waals surface area (Å²) in [6.45, 7) is 10.5. The van der Waals surface area contributed by atoms with Gasteiger partial charge in [-0.3, -0.25) is 14.9 Å². The molecular weight excluding hydrogens is 410 g/mol. The highest BCUT2D eigenvalue weighted by atomic mass is 16.6. The number of azo groups is 1. The summed E-state index contributed by atoms with van der Waals surface area (Å²) in [6, 6.07) is 9.76. The van der Waals surface area contributed by atoms with Crippen molar-refractivity contribution in [1.82, 2.24) is 0 Å². The molecule has 172 valence electrons. The first-order chi connectivity index (χ1) is 15.1. The number of carbonyl (C=O) groups is 1. The second-order valence-electron chi connectivity index (χ2n) is 8.29. The van der Waals surface area contributed by atoms with Crippen LogP contribution in [0.15, 0.2) is 46.6 Å². The second kappa shape index (κ2) is 11.4. The van der Waals surface area contributed by atoms with Crippen LogP contribution in [0.3, 0.4) is 0 Å². The number of hydrogen-bond acceptors (Lipinski definition) is 7. The minimum Gasteiger partial charge on any atom is -0.494 e. The van der Waals surface area contributed by atoms with E-state index >= 15 is 0 Å². The summed E-state index contributed by atoms with van der Waals surface area (Å²) < 4.78 is 11.0. The van der Waals surface area contributed by atoms with Gasteiger partial charge in [0, 0.05) is 12.1 Å². The molecule has 2 aromatic rings. The van der Waals surface area contributed by atoms with Crippen LogP contribution in [0.25, 0.3) is 0 Å². The molecule has 32 heavy (non-hydrogen) atoms. The van der Waals surface area contributed by atoms with E-state index in [-0.39, 0.29) is 11.7 Å². The quantitative estimate of drug-likeness (QED) is 0.126. The van der Waals surface area contributed by atoms with Gasteiger partial charge < -0.3 is 9.47 Å². The number of non-ortho nitro benzene ring substituents is 1. The summed E-state index contributed by atoms with van der Waals surface area (Å²) in [5.41, 5.74) is 2.66. The van der Waals surface area contributed by atoms with Gasteiger partial charge in [0.15, 0.2) is 0 Å². The molecule has 0 unspecified atom stereocenters. The van der Waals surface area contributed by atoms with E-state index in [0.717, 1.165) is 41.8 Å². The van der Waals surface area contributed by atoms with Gasteiger partial charge in [0.05, 0.1) is 34.9 Å². The minimum absolute atomic E-state index is 0.0160. The maximum absolute atomic E-state index is 11.9. The molecule has 0 N–H and O–H groups in total. The number of unbranched alkanes of at least 4 members (excludes halogenated alkanes) is 1. The van der Waals surface area contributed by atoms with Gasteiger partial charge >= 0.3 is 5.97 Å². The molecule has 0 fully saturated rings. The molecule has 0 heterocycles. The maximum Gasteiger partial charge on any atom is 0.311 e. The van der Waals surface area contributed by atoms with Gasteiger partial charge in [0.25, 0.3) is 5.69 Å². The molecule has 0 atom stereocenters. The molecule has 0 spiro atoms. The number of carbonyl (C=O) groups excluding carboxylic acids is 1. The van der Waals surface area contributed by atoms with E-state index in [1.807, 2.05) is 46.8 Å². The van der Waals surface area contributed by atoms with Crippen molar-refractivity contribution in [3.63, 3.8) is 0 Å². The molecule has 0 aliphatic carbocycles. The number of benzene rings is 2. The lowest BCUT2D eigenvalue weighted by Gasteiger charge is -2.22. The van der Waals surface area contributed by atoms with Gasteiger partial charge in [0.1, 0.15) is 5.75 Å². The first-order valence-corrected chi connectivity index (χ1v) is 10.7. The van der Waals surface area contributed by atoms with Crippen molar-refractivity contribution in [3.8, 4) is 5.75 Å². The van der Waals surface area contributed by atoms with Gasteiger partial charge in [-0.15, -0.1) is 0 Å². The molecule has 0 saturated heterocycles. The average Bonchev–Trinajstić information content (AvgIpc) is 2.73. The van der Waals surface area contributed by atoms with Crippen LogP contribution >= 0.6 is 0 Å². The first-order valence-electron chi connectivity index (χ1n) is 10.7. The molecule has 0 aliphatic heterocycles. The number of nitrogens with zero attached hydrogens (tertiary/aromatic N) is 3. The van der Waals surface area contributed by atoms with E-state index in [9.17, 15) is 14.9 Å². The molecule has 0 amide bonds. The lowest BCUT2D eigenvalue weighted by atomic mass is 9.87. The molecular formula is C24H31N3O5. The van der Waals surface area contributed by atoms with E-state index in [0.29, 0.717) is 18.9 Å². The predicted octanol–water partition coefficient (Wildman–Crippen LogP) is 6.77. The monoisotopic (exact) mass is 441 g/mol. The largest absolute Gasteiger partial charge is 0.494 e. The fraction of sp³-hybridized carbons (Fsp3) is 0.458. The van der Waals surface area contributed by atoms with Crippen LogP contribution in [0.1, 0.15) is 51.2 Å². The van der Waals surface area contributed by atoms with Crippen molar-refractivity contribution in [2.75, 3.05) is 13.2 Å². The maximum atomic E-state index is 11.9. The van der Waals surface area contributed by atoms with Crippen molar-refractivity contribution in [2.24, 2.45) is 15.6 Å². The van der Waals surface area contributed by atoms with E-state index < -0.39 is 10.3 Å². The zero-order valence-electron chi connectivity index (χ0n) is 19.4. The number of rotatable bonds is 11. The topological polar surface area (TPSA) is 103 Å². The lowest BCUT2D eigenvalue weighted by molar-refractivity contribution is -0.384. The smallest absolute Gasteiger partial charge is 0.311 e. The van der Waals surface area contributed by atoms with Crippen LogP contribution in [-0.4, -0.2) is 24.1 Å². The molecule has 8 nitrogen and oxygen atoms in total. The normalized spacial score (nSPS) is 11.5. The Labute approximate surface area is 188 Å². The third-order valence-electron chi connectivity index (χ3n) is 5.08. The van der Waals surface area contributed by atoms with E-state index in [4.69, 9.17) is 9.47 Å². The van der Waals surface area contributed by atoms with Crippen LogP contribution in [0.5, 0.6) is 5.75 Å². The van der Waals surface area contributed by atoms with Gasteiger partial charge in [-0.2, -0.15) is 10.2 Å². The summed E-state index contributed by atoms with van der Waals surface area (Å²) >= 11 is 0. The highest BCUT2D eigenvalue weighted by Crippen LogP contribution is 2.31. The van der Waals surface area contributed by atoms with Crippen molar-refractivity contribution >= 4 is 23.0 Å². The highest BCUT2D eigenvalue weighted by molar-refractivity contribution is 5.75. The van der Waals surface area contributed by atoms with Crippen molar-refractivity contribution in [1.29, 1.82) is 0 Å². The molecule has 0 saturated carbocycles. The number of nitro benzene ring substituents is 1. The van der Waals surface area contributed by atoms with Crippen LogP contribution in [-0.2, 0) is 9.53 Å². The van der Waals surface area contributed by atoms with Gasteiger partial charge in [-0.25, -0.2) is 0 Å². The Morgan fingerprint density at radius 2 is 1.69 bits per heavy atom. The molecule has 0 radical (unpaired) electrons. The Morgan fingerprint density at radius 1 is 1.06 bits per heavy atom. The van der Waals surface area contributed by atoms with Crippen molar-refractivity contribution < 1.29 is 19.2 Å². The SMILES string of the molecule is CCOC(=O)C(C)(C)CCCCOc1cc(C)c(N=Nc2ccc([N+](=O)[O-])cc2)c(C)c1. The zero-order chi connectivity index (χ0) is 23.7. The summed E-state index contributed by atoms with van der Waals surface area (Å²) in [4.78, 5) is 22.2. The number of esters is 1. The lowest BCUT2D eigenvalue weighted by Crippen LogP contribution is -2.26. The summed E-state index contributed by atoms with van der Waals surface area (Å²) in [6.07, 6.45) is 2.45. The Kier molecular flexibility index (Phi) is 8.87. The Morgan fingerprint density at radius 3 is 2.25 bits per heavy atom. The van der Waals surface area contributed by atoms with E-state index in [2.05, 4.69) is 10.2 Å². The summed E-state index contributed by atoms with van der Waals surface area (Å²) in [5, 5.41) is 19.2. The first kappa shape index (κ1) is 25.0. The number of ether oxygens (including phenoxy) is 2. The molecule has 0 aliphatic rings. The molecule has 8 heteroatoms. The van der Waals surface area contributed by atoms with Crippen LogP contribution in [0.4, 0.5) is 17.1 Å². The fourth-order valence-electron chi connectivity index (χ4n) is 3.19. The average molecular weight is 442 g/mol. The van der Waals surface area contributed by atoms with Crippen LogP contribution in [0.2, 0.25) is 0 Å². The second-order valence-corrected chi connectivity index (χ2v) is 8.29. The third kappa shape index (κ3) is 7.14. The standard InChI is InChI=1S/C24H31N3O5/c1-6-31-23(28)24(4,5)13-7-8-14-32-21-15-17(2)22(18(3)16-21)26-25-19-9-11-20(12-10-19)27(29)30/h9-12,15-16H,6-8,13-14H2,1-5H3. The van der Waals surface area contributed by atoms with Crippen LogP contribution in [0, 0.1) is 29.4 Å². The van der Waals surface area contributed by atoms with Gasteiger partial charge in [-0.1, -0.05) is 0 Å². The molecule has 0 bridgehead atoms. The molecule has 2 rings (SSSR count). The van der Waals surface area contributed by atoms with Crippen LogP contribution < -0.4 is 4.74 Å². The number of aryl methyl sites for hydroxylation is 2. The summed E-state index contributed by atoms with van der Waals surface area (Å²) in [7, 11) is 0. The van der Waals surface area contributed by atoms with E-state index in [1.165, 1.54) is 12.1 Å². The van der Waals surface area contributed by atoms with Crippen molar-refractivity contribution in [3.05, 3.63) is 57.6 Å². The van der Waals surface area contributed by atoms with Gasteiger partial charge in [-0.05, 0) is 89.3 Å². The Bertz CT molecular complexity index is 945. The molecule has 0 aromatic heterocycles. The number of hydrogen-bond donors (Lipinski definition) is 0. The Hall–Kier alpha value is -3.29. The molecule has 2 aromatic carbocycles. The minimum atomic E-state index is -0.487. The van der Waals surface area contributed by atoms with E-state index in [1.54, 1.807) is 12.1 Å².